The molecule has 1 aromatic carbocycles. The first-order valence-corrected chi connectivity index (χ1v) is 4.44. The molecule has 0 unspecified atom stereocenters. The molecule has 76 valence electrons. The van der Waals surface area contributed by atoms with E-state index < -0.39 is 0 Å². The Labute approximate surface area is 85.7 Å². The van der Waals surface area contributed by atoms with Crippen molar-refractivity contribution in [1.29, 1.82) is 0 Å². The number of aromatic nitrogens is 1. The second-order valence-corrected chi connectivity index (χ2v) is 3.32. The van der Waals surface area contributed by atoms with E-state index in [0.29, 0.717) is 28.4 Å². The Balaban J connectivity index is 2.87. The molecule has 0 bridgehead atoms. The lowest BCUT2D eigenvalue weighted by Gasteiger charge is -2.06. The Bertz CT molecular complexity index is 552. The Hall–Kier alpha value is -1.97. The fourth-order valence-corrected chi connectivity index (χ4v) is 1.43. The highest BCUT2D eigenvalue weighted by Gasteiger charge is 2.08. The smallest absolute Gasteiger partial charge is 0.168 e. The summed E-state index contributed by atoms with van der Waals surface area (Å²) in [7, 11) is 0. The van der Waals surface area contributed by atoms with Crippen molar-refractivity contribution in [3.05, 3.63) is 35.3 Å². The summed E-state index contributed by atoms with van der Waals surface area (Å²) in [5, 5.41) is 0.598. The number of nitrogen functional groups attached to an aromatic ring is 1. The summed E-state index contributed by atoms with van der Waals surface area (Å²) in [4.78, 5) is 14.6. The van der Waals surface area contributed by atoms with Gasteiger partial charge in [-0.1, -0.05) is 6.07 Å². The molecule has 0 saturated heterocycles. The monoisotopic (exact) mass is 204 g/mol. The molecule has 2 aromatic rings. The molecule has 2 rings (SSSR count). The second kappa shape index (κ2) is 3.31. The molecule has 4 heteroatoms. The summed E-state index contributed by atoms with van der Waals surface area (Å²) in [5.41, 5.74) is 7.13. The standard InChI is InChI=1S/C11H9FN2O/c1-6-9(12)4-7-2-3-8(5-15)14-11(7)10(6)13/h2-5H,13H2,1H3. The number of pyridine rings is 1. The number of carbonyl (C=O) groups is 1. The highest BCUT2D eigenvalue weighted by molar-refractivity contribution is 5.93. The van der Waals surface area contributed by atoms with Gasteiger partial charge in [0.25, 0.3) is 0 Å². The van der Waals surface area contributed by atoms with E-state index in [0.717, 1.165) is 0 Å². The molecule has 0 fully saturated rings. The van der Waals surface area contributed by atoms with Crippen LogP contribution in [0.25, 0.3) is 10.9 Å². The number of aldehydes is 1. The van der Waals surface area contributed by atoms with Gasteiger partial charge < -0.3 is 5.73 Å². The normalized spacial score (nSPS) is 10.5. The molecule has 1 heterocycles. The number of carbonyl (C=O) groups excluding carboxylic acids is 1. The van der Waals surface area contributed by atoms with Gasteiger partial charge in [0.2, 0.25) is 0 Å². The first-order chi connectivity index (χ1) is 7.13. The number of nitrogens with zero attached hydrogens (tertiary/aromatic N) is 1. The average Bonchev–Trinajstić information content (AvgIpc) is 2.26. The van der Waals surface area contributed by atoms with Crippen LogP contribution in [-0.4, -0.2) is 11.3 Å². The third kappa shape index (κ3) is 1.44. The summed E-state index contributed by atoms with van der Waals surface area (Å²) in [5.74, 6) is -0.361. The molecular formula is C11H9FN2O. The minimum atomic E-state index is -0.361. The second-order valence-electron chi connectivity index (χ2n) is 3.32. The van der Waals surface area contributed by atoms with Crippen LogP contribution in [-0.2, 0) is 0 Å². The van der Waals surface area contributed by atoms with E-state index in [4.69, 9.17) is 5.73 Å². The number of hydrogen-bond donors (Lipinski definition) is 1. The zero-order valence-electron chi connectivity index (χ0n) is 8.12. The summed E-state index contributed by atoms with van der Waals surface area (Å²) in [6.45, 7) is 1.58. The summed E-state index contributed by atoms with van der Waals surface area (Å²) in [6.07, 6.45) is 0.636. The van der Waals surface area contributed by atoms with Crippen molar-refractivity contribution < 1.29 is 9.18 Å². The topological polar surface area (TPSA) is 56.0 Å². The van der Waals surface area contributed by atoms with Gasteiger partial charge in [0.05, 0.1) is 11.2 Å². The van der Waals surface area contributed by atoms with Gasteiger partial charge in [0, 0.05) is 10.9 Å². The number of anilines is 1. The molecule has 0 atom stereocenters. The van der Waals surface area contributed by atoms with E-state index in [1.165, 1.54) is 12.1 Å². The molecule has 2 N–H and O–H groups in total. The van der Waals surface area contributed by atoms with Crippen LogP contribution in [0.1, 0.15) is 16.1 Å². The largest absolute Gasteiger partial charge is 0.397 e. The number of rotatable bonds is 1. The fourth-order valence-electron chi connectivity index (χ4n) is 1.43. The number of hydrogen-bond acceptors (Lipinski definition) is 3. The van der Waals surface area contributed by atoms with E-state index in [1.54, 1.807) is 13.0 Å². The quantitative estimate of drug-likeness (QED) is 0.571. The van der Waals surface area contributed by atoms with Crippen molar-refractivity contribution >= 4 is 22.9 Å². The van der Waals surface area contributed by atoms with Crippen LogP contribution >= 0.6 is 0 Å². The van der Waals surface area contributed by atoms with E-state index in [2.05, 4.69) is 4.98 Å². The van der Waals surface area contributed by atoms with Gasteiger partial charge in [-0.3, -0.25) is 4.79 Å². The van der Waals surface area contributed by atoms with Gasteiger partial charge >= 0.3 is 0 Å². The van der Waals surface area contributed by atoms with Gasteiger partial charge in [-0.15, -0.1) is 0 Å². The summed E-state index contributed by atoms with van der Waals surface area (Å²) in [6, 6.07) is 4.52. The van der Waals surface area contributed by atoms with Crippen molar-refractivity contribution in [3.8, 4) is 0 Å². The lowest BCUT2D eigenvalue weighted by atomic mass is 10.1. The highest BCUT2D eigenvalue weighted by atomic mass is 19.1. The molecule has 1 aromatic heterocycles. The molecule has 0 spiro atoms. The maximum absolute atomic E-state index is 13.3. The van der Waals surface area contributed by atoms with Gasteiger partial charge in [0.1, 0.15) is 11.5 Å². The summed E-state index contributed by atoms with van der Waals surface area (Å²) >= 11 is 0. The van der Waals surface area contributed by atoms with Crippen LogP contribution in [0.3, 0.4) is 0 Å². The molecule has 0 aliphatic rings. The van der Waals surface area contributed by atoms with Crippen LogP contribution in [0, 0.1) is 12.7 Å². The number of fused-ring (bicyclic) bond motifs is 1. The third-order valence-electron chi connectivity index (χ3n) is 2.37. The zero-order valence-corrected chi connectivity index (χ0v) is 8.12. The van der Waals surface area contributed by atoms with Gasteiger partial charge in [-0.05, 0) is 19.1 Å². The molecule has 3 nitrogen and oxygen atoms in total. The van der Waals surface area contributed by atoms with Crippen LogP contribution in [0.2, 0.25) is 0 Å². The Morgan fingerprint density at radius 2 is 2.20 bits per heavy atom. The first-order valence-electron chi connectivity index (χ1n) is 4.44. The minimum absolute atomic E-state index is 0.286. The molecule has 0 amide bonds. The van der Waals surface area contributed by atoms with Crippen LogP contribution < -0.4 is 5.73 Å². The van der Waals surface area contributed by atoms with E-state index in [9.17, 15) is 9.18 Å². The molecule has 15 heavy (non-hydrogen) atoms. The minimum Gasteiger partial charge on any atom is -0.397 e. The van der Waals surface area contributed by atoms with Gasteiger partial charge in [0.15, 0.2) is 6.29 Å². The lowest BCUT2D eigenvalue weighted by molar-refractivity contribution is 0.111. The highest BCUT2D eigenvalue weighted by Crippen LogP contribution is 2.25. The lowest BCUT2D eigenvalue weighted by Crippen LogP contribution is -1.98. The molecule has 0 saturated carbocycles. The van der Waals surface area contributed by atoms with Crippen molar-refractivity contribution in [2.75, 3.05) is 5.73 Å². The van der Waals surface area contributed by atoms with Crippen molar-refractivity contribution in [2.45, 2.75) is 6.92 Å². The number of benzene rings is 1. The fraction of sp³-hybridized carbons (Fsp3) is 0.0909. The summed E-state index contributed by atoms with van der Waals surface area (Å²) < 4.78 is 13.3. The van der Waals surface area contributed by atoms with Gasteiger partial charge in [-0.2, -0.15) is 0 Å². The SMILES string of the molecule is Cc1c(F)cc2ccc(C=O)nc2c1N. The first kappa shape index (κ1) is 9.58. The van der Waals surface area contributed by atoms with Crippen molar-refractivity contribution in [3.63, 3.8) is 0 Å². The predicted octanol–water partition coefficient (Wildman–Crippen LogP) is 2.08. The van der Waals surface area contributed by atoms with Gasteiger partial charge in [-0.25, -0.2) is 9.37 Å². The van der Waals surface area contributed by atoms with Crippen molar-refractivity contribution in [2.24, 2.45) is 0 Å². The van der Waals surface area contributed by atoms with Crippen LogP contribution in [0.5, 0.6) is 0 Å². The van der Waals surface area contributed by atoms with Crippen LogP contribution in [0.4, 0.5) is 10.1 Å². The maximum Gasteiger partial charge on any atom is 0.168 e. The van der Waals surface area contributed by atoms with Crippen LogP contribution in [0.15, 0.2) is 18.2 Å². The van der Waals surface area contributed by atoms with E-state index in [-0.39, 0.29) is 11.5 Å². The Morgan fingerprint density at radius 3 is 2.87 bits per heavy atom. The third-order valence-corrected chi connectivity index (χ3v) is 2.37. The van der Waals surface area contributed by atoms with E-state index in [1.807, 2.05) is 0 Å². The zero-order chi connectivity index (χ0) is 11.0. The molecule has 0 aliphatic heterocycles. The Morgan fingerprint density at radius 1 is 1.47 bits per heavy atom. The maximum atomic E-state index is 13.3. The molecule has 0 aliphatic carbocycles. The Kier molecular flexibility index (Phi) is 2.11. The van der Waals surface area contributed by atoms with E-state index >= 15 is 0 Å². The predicted molar refractivity (Wildman–Crippen MR) is 56.2 cm³/mol. The number of nitrogens with two attached hydrogens (primary N) is 1. The van der Waals surface area contributed by atoms with Crippen molar-refractivity contribution in [1.82, 2.24) is 4.98 Å². The average molecular weight is 204 g/mol. The molecule has 0 radical (unpaired) electrons. The molecular weight excluding hydrogens is 195 g/mol. The number of halogens is 1.